The highest BCUT2D eigenvalue weighted by Gasteiger charge is 2.38. The maximum Gasteiger partial charge on any atom is 0.490 e. The zero-order valence-corrected chi connectivity index (χ0v) is 10.0. The number of nitrogens with zero attached hydrogens (tertiary/aromatic N) is 3. The third-order valence-corrected chi connectivity index (χ3v) is 2.79. The van der Waals surface area contributed by atoms with Gasteiger partial charge in [-0.05, 0) is 25.7 Å². The predicted molar refractivity (Wildman–Crippen MR) is 59.2 cm³/mol. The molecule has 6 nitrogen and oxygen atoms in total. The number of aromatic nitrogens is 3. The molecule has 1 aliphatic carbocycles. The molecular weight excluding hydrogens is 265 g/mol. The van der Waals surface area contributed by atoms with Crippen LogP contribution in [0.1, 0.15) is 31.7 Å². The average molecular weight is 280 g/mol. The molecule has 0 atom stereocenters. The summed E-state index contributed by atoms with van der Waals surface area (Å²) in [7, 11) is 0. The summed E-state index contributed by atoms with van der Waals surface area (Å²) in [6.07, 6.45) is 2.82. The quantitative estimate of drug-likeness (QED) is 0.810. The van der Waals surface area contributed by atoms with Gasteiger partial charge in [0.15, 0.2) is 0 Å². The van der Waals surface area contributed by atoms with Gasteiger partial charge in [-0.25, -0.2) is 14.5 Å². The molecule has 0 unspecified atom stereocenters. The molecule has 0 spiro atoms. The molecule has 108 valence electrons. The molecule has 0 amide bonds. The molecule has 1 heterocycles. The number of halogens is 3. The molecule has 1 aromatic rings. The first-order chi connectivity index (χ1) is 8.80. The van der Waals surface area contributed by atoms with Gasteiger partial charge in [-0.2, -0.15) is 18.3 Å². The van der Waals surface area contributed by atoms with E-state index in [4.69, 9.17) is 15.6 Å². The second-order valence-electron chi connectivity index (χ2n) is 4.25. The normalized spacial score (nSPS) is 23.4. The minimum atomic E-state index is -5.08. The Morgan fingerprint density at radius 1 is 1.32 bits per heavy atom. The van der Waals surface area contributed by atoms with Crippen LogP contribution in [-0.2, 0) is 4.79 Å². The lowest BCUT2D eigenvalue weighted by Gasteiger charge is -2.25. The highest BCUT2D eigenvalue weighted by Crippen LogP contribution is 2.26. The summed E-state index contributed by atoms with van der Waals surface area (Å²) < 4.78 is 33.7. The lowest BCUT2D eigenvalue weighted by molar-refractivity contribution is -0.192. The van der Waals surface area contributed by atoms with Crippen LogP contribution in [0.3, 0.4) is 0 Å². The number of carboxylic acid groups (broad SMARTS) is 1. The van der Waals surface area contributed by atoms with E-state index in [1.54, 1.807) is 12.7 Å². The number of nitrogens with two attached hydrogens (primary N) is 1. The van der Waals surface area contributed by atoms with Gasteiger partial charge in [0.1, 0.15) is 12.7 Å². The summed E-state index contributed by atoms with van der Waals surface area (Å²) in [5.41, 5.74) is 5.81. The van der Waals surface area contributed by atoms with Gasteiger partial charge in [0, 0.05) is 6.04 Å². The van der Waals surface area contributed by atoms with Gasteiger partial charge in [0.25, 0.3) is 0 Å². The standard InChI is InChI=1S/C8H14N4.C2HF3O2/c9-7-1-3-8(4-2-7)12-6-10-5-11-12;3-2(4,5)1(6)7/h5-8H,1-4,9H2;(H,6,7)/t7-,8+;. The van der Waals surface area contributed by atoms with Crippen LogP contribution in [0, 0.1) is 0 Å². The molecule has 1 fully saturated rings. The van der Waals surface area contributed by atoms with Gasteiger partial charge in [-0.15, -0.1) is 0 Å². The predicted octanol–water partition coefficient (Wildman–Crippen LogP) is 1.35. The van der Waals surface area contributed by atoms with Crippen LogP contribution in [0.15, 0.2) is 12.7 Å². The van der Waals surface area contributed by atoms with Crippen molar-refractivity contribution in [2.45, 2.75) is 43.9 Å². The molecule has 19 heavy (non-hydrogen) atoms. The monoisotopic (exact) mass is 280 g/mol. The van der Waals surface area contributed by atoms with Crippen molar-refractivity contribution >= 4 is 5.97 Å². The summed E-state index contributed by atoms with van der Waals surface area (Å²) in [6, 6.07) is 0.942. The Hall–Kier alpha value is -1.64. The number of hydrogen-bond donors (Lipinski definition) is 2. The van der Waals surface area contributed by atoms with Gasteiger partial charge in [-0.3, -0.25) is 0 Å². The van der Waals surface area contributed by atoms with Crippen molar-refractivity contribution in [1.82, 2.24) is 14.8 Å². The van der Waals surface area contributed by atoms with Crippen LogP contribution in [0.4, 0.5) is 13.2 Å². The molecule has 3 N–H and O–H groups in total. The van der Waals surface area contributed by atoms with E-state index in [9.17, 15) is 13.2 Å². The molecule has 0 aliphatic heterocycles. The van der Waals surface area contributed by atoms with Gasteiger partial charge in [-0.1, -0.05) is 0 Å². The Balaban J connectivity index is 0.000000224. The van der Waals surface area contributed by atoms with Crippen molar-refractivity contribution in [3.63, 3.8) is 0 Å². The Bertz CT molecular complexity index is 386. The fraction of sp³-hybridized carbons (Fsp3) is 0.700. The second kappa shape index (κ2) is 6.50. The molecule has 0 saturated heterocycles. The molecule has 1 saturated carbocycles. The van der Waals surface area contributed by atoms with Crippen LogP contribution in [0.25, 0.3) is 0 Å². The average Bonchev–Trinajstić information content (AvgIpc) is 2.83. The zero-order valence-electron chi connectivity index (χ0n) is 10.0. The molecule has 1 aromatic heterocycles. The SMILES string of the molecule is N[C@H]1CC[C@@H](n2cncn2)CC1.O=C(O)C(F)(F)F. The topological polar surface area (TPSA) is 94.0 Å². The van der Waals surface area contributed by atoms with Crippen LogP contribution < -0.4 is 5.73 Å². The van der Waals surface area contributed by atoms with E-state index in [0.717, 1.165) is 25.7 Å². The summed E-state index contributed by atoms with van der Waals surface area (Å²) in [6.45, 7) is 0. The number of carbonyl (C=O) groups is 1. The molecule has 1 aliphatic rings. The zero-order chi connectivity index (χ0) is 14.5. The minimum absolute atomic E-state index is 0.407. The van der Waals surface area contributed by atoms with Gasteiger partial charge < -0.3 is 10.8 Å². The molecular formula is C10H15F3N4O2. The largest absolute Gasteiger partial charge is 0.490 e. The van der Waals surface area contributed by atoms with Gasteiger partial charge in [0.2, 0.25) is 0 Å². The van der Waals surface area contributed by atoms with Crippen LogP contribution in [-0.4, -0.2) is 38.1 Å². The van der Waals surface area contributed by atoms with E-state index in [0.29, 0.717) is 12.1 Å². The van der Waals surface area contributed by atoms with E-state index in [2.05, 4.69) is 10.1 Å². The maximum atomic E-state index is 10.6. The van der Waals surface area contributed by atoms with Crippen LogP contribution in [0.5, 0.6) is 0 Å². The highest BCUT2D eigenvalue weighted by molar-refractivity contribution is 5.73. The van der Waals surface area contributed by atoms with Crippen molar-refractivity contribution in [3.8, 4) is 0 Å². The van der Waals surface area contributed by atoms with E-state index >= 15 is 0 Å². The van der Waals surface area contributed by atoms with E-state index < -0.39 is 12.1 Å². The summed E-state index contributed by atoms with van der Waals surface area (Å²) in [5.74, 6) is -2.76. The van der Waals surface area contributed by atoms with Crippen molar-refractivity contribution in [3.05, 3.63) is 12.7 Å². The molecule has 0 aromatic carbocycles. The third-order valence-electron chi connectivity index (χ3n) is 2.79. The van der Waals surface area contributed by atoms with Crippen LogP contribution >= 0.6 is 0 Å². The van der Waals surface area contributed by atoms with Crippen molar-refractivity contribution < 1.29 is 23.1 Å². The lowest BCUT2D eigenvalue weighted by Crippen LogP contribution is -2.27. The third kappa shape index (κ3) is 5.25. The summed E-state index contributed by atoms with van der Waals surface area (Å²) in [4.78, 5) is 12.8. The van der Waals surface area contributed by atoms with Crippen molar-refractivity contribution in [2.24, 2.45) is 5.73 Å². The Morgan fingerprint density at radius 3 is 2.21 bits per heavy atom. The first-order valence-corrected chi connectivity index (χ1v) is 5.70. The highest BCUT2D eigenvalue weighted by atomic mass is 19.4. The molecule has 9 heteroatoms. The van der Waals surface area contributed by atoms with E-state index in [-0.39, 0.29) is 0 Å². The summed E-state index contributed by atoms with van der Waals surface area (Å²) >= 11 is 0. The molecule has 0 bridgehead atoms. The van der Waals surface area contributed by atoms with Gasteiger partial charge >= 0.3 is 12.1 Å². The molecule has 2 rings (SSSR count). The summed E-state index contributed by atoms with van der Waals surface area (Å²) in [5, 5.41) is 11.3. The molecule has 0 radical (unpaired) electrons. The van der Waals surface area contributed by atoms with Gasteiger partial charge in [0.05, 0.1) is 6.04 Å². The number of hydrogen-bond acceptors (Lipinski definition) is 4. The van der Waals surface area contributed by atoms with E-state index in [1.807, 2.05) is 4.68 Å². The van der Waals surface area contributed by atoms with E-state index in [1.165, 1.54) is 0 Å². The minimum Gasteiger partial charge on any atom is -0.475 e. The smallest absolute Gasteiger partial charge is 0.475 e. The Labute approximate surface area is 107 Å². The van der Waals surface area contributed by atoms with Crippen molar-refractivity contribution in [1.29, 1.82) is 0 Å². The fourth-order valence-electron chi connectivity index (χ4n) is 1.77. The number of aliphatic carboxylic acids is 1. The van der Waals surface area contributed by atoms with Crippen LogP contribution in [0.2, 0.25) is 0 Å². The number of rotatable bonds is 1. The van der Waals surface area contributed by atoms with Crippen molar-refractivity contribution in [2.75, 3.05) is 0 Å². The Kier molecular flexibility index (Phi) is 5.28. The fourth-order valence-corrected chi connectivity index (χ4v) is 1.77. The first kappa shape index (κ1) is 15.4. The Morgan fingerprint density at radius 2 is 1.84 bits per heavy atom. The lowest BCUT2D eigenvalue weighted by atomic mass is 9.92. The first-order valence-electron chi connectivity index (χ1n) is 5.70. The number of alkyl halides is 3. The number of carboxylic acids is 1. The maximum absolute atomic E-state index is 10.6. The second-order valence-corrected chi connectivity index (χ2v) is 4.25.